The predicted octanol–water partition coefficient (Wildman–Crippen LogP) is 3.53. The third-order valence-corrected chi connectivity index (χ3v) is 7.29. The second-order valence-corrected chi connectivity index (χ2v) is 9.89. The summed E-state index contributed by atoms with van der Waals surface area (Å²) in [7, 11) is 0. The van der Waals surface area contributed by atoms with E-state index in [2.05, 4.69) is 38.6 Å². The molecular formula is C28H35N5O3. The van der Waals surface area contributed by atoms with Crippen LogP contribution >= 0.6 is 0 Å². The quantitative estimate of drug-likeness (QED) is 0.554. The summed E-state index contributed by atoms with van der Waals surface area (Å²) in [4.78, 5) is 29.5. The number of aromatic amines is 1. The highest BCUT2D eigenvalue weighted by molar-refractivity contribution is 5.95. The van der Waals surface area contributed by atoms with E-state index in [1.54, 1.807) is 6.08 Å². The van der Waals surface area contributed by atoms with Crippen LogP contribution in [0.2, 0.25) is 0 Å². The van der Waals surface area contributed by atoms with Gasteiger partial charge in [0.2, 0.25) is 11.8 Å². The molecule has 8 heteroatoms. The topological polar surface area (TPSA) is 90.6 Å². The number of hydrogen-bond donors (Lipinski definition) is 2. The van der Waals surface area contributed by atoms with Gasteiger partial charge in [-0.1, -0.05) is 36.4 Å². The van der Waals surface area contributed by atoms with E-state index in [1.807, 2.05) is 36.1 Å². The summed E-state index contributed by atoms with van der Waals surface area (Å²) >= 11 is 0. The highest BCUT2D eigenvalue weighted by atomic mass is 16.5. The summed E-state index contributed by atoms with van der Waals surface area (Å²) < 4.78 is 5.36. The Kier molecular flexibility index (Phi) is 7.63. The van der Waals surface area contributed by atoms with Crippen molar-refractivity contribution in [3.8, 4) is 0 Å². The first kappa shape index (κ1) is 24.5. The number of hydrogen-bond acceptors (Lipinski definition) is 5. The summed E-state index contributed by atoms with van der Waals surface area (Å²) in [5, 5.41) is 10.2. The van der Waals surface area contributed by atoms with Crippen LogP contribution in [0.25, 0.3) is 5.57 Å². The zero-order valence-electron chi connectivity index (χ0n) is 20.9. The van der Waals surface area contributed by atoms with Crippen LogP contribution in [0.4, 0.5) is 5.82 Å². The van der Waals surface area contributed by atoms with Gasteiger partial charge in [0, 0.05) is 56.5 Å². The monoisotopic (exact) mass is 489 g/mol. The van der Waals surface area contributed by atoms with Crippen LogP contribution in [0.15, 0.2) is 48.6 Å². The predicted molar refractivity (Wildman–Crippen MR) is 140 cm³/mol. The van der Waals surface area contributed by atoms with Gasteiger partial charge in [-0.05, 0) is 42.9 Å². The van der Waals surface area contributed by atoms with Crippen LogP contribution in [-0.2, 0) is 14.3 Å². The number of nitrogens with one attached hydrogen (secondary N) is 2. The fraction of sp³-hybridized carbons (Fsp3) is 0.464. The number of nitrogens with zero attached hydrogens (tertiary/aromatic N) is 3. The fourth-order valence-electron chi connectivity index (χ4n) is 4.70. The third-order valence-electron chi connectivity index (χ3n) is 7.29. The number of carbonyl (C=O) groups is 2. The van der Waals surface area contributed by atoms with Gasteiger partial charge in [0.15, 0.2) is 5.82 Å². The molecule has 1 atom stereocenters. The molecule has 2 aromatic rings. The van der Waals surface area contributed by atoms with Crippen LogP contribution < -0.4 is 5.32 Å². The third kappa shape index (κ3) is 6.12. The van der Waals surface area contributed by atoms with Crippen LogP contribution in [-0.4, -0.2) is 77.7 Å². The van der Waals surface area contributed by atoms with E-state index >= 15 is 0 Å². The molecule has 190 valence electrons. The molecule has 1 saturated carbocycles. The number of aromatic nitrogens is 2. The lowest BCUT2D eigenvalue weighted by Gasteiger charge is -2.26. The number of rotatable bonds is 8. The van der Waals surface area contributed by atoms with Crippen LogP contribution in [0.5, 0.6) is 0 Å². The number of ether oxygens (including phenoxy) is 1. The van der Waals surface area contributed by atoms with Crippen molar-refractivity contribution in [1.82, 2.24) is 20.0 Å². The summed E-state index contributed by atoms with van der Waals surface area (Å²) in [6.45, 7) is 7.39. The smallest absolute Gasteiger partial charge is 0.246 e. The van der Waals surface area contributed by atoms with Crippen molar-refractivity contribution in [2.75, 3.05) is 51.3 Å². The first-order valence-corrected chi connectivity index (χ1v) is 13.0. The Hall–Kier alpha value is -3.23. The number of anilines is 1. The fourth-order valence-corrected chi connectivity index (χ4v) is 4.70. The molecule has 1 saturated heterocycles. The molecular weight excluding hydrogens is 454 g/mol. The molecule has 2 aliphatic heterocycles. The van der Waals surface area contributed by atoms with E-state index in [0.717, 1.165) is 56.1 Å². The van der Waals surface area contributed by atoms with Gasteiger partial charge in [-0.15, -0.1) is 0 Å². The molecule has 1 aliphatic carbocycles. The average molecular weight is 490 g/mol. The number of benzene rings is 1. The molecule has 1 unspecified atom stereocenters. The van der Waals surface area contributed by atoms with Crippen molar-refractivity contribution in [1.29, 1.82) is 0 Å². The first-order valence-electron chi connectivity index (χ1n) is 13.0. The van der Waals surface area contributed by atoms with Gasteiger partial charge in [-0.2, -0.15) is 5.10 Å². The SMILES string of the molecule is CC(C(=O)Nc1cc(C2CC2)[nH]n1)c1ccc(C2=CCN(C(=O)/C=C/CN3CCOCC3)CC2)cc1. The summed E-state index contributed by atoms with van der Waals surface area (Å²) in [6, 6.07) is 10.1. The van der Waals surface area contributed by atoms with E-state index in [-0.39, 0.29) is 17.7 Å². The van der Waals surface area contributed by atoms with Crippen molar-refractivity contribution in [3.63, 3.8) is 0 Å². The Balaban J connectivity index is 1.11. The Morgan fingerprint density at radius 2 is 1.97 bits per heavy atom. The van der Waals surface area contributed by atoms with Gasteiger partial charge in [-0.3, -0.25) is 19.6 Å². The van der Waals surface area contributed by atoms with Crippen LogP contribution in [0.3, 0.4) is 0 Å². The minimum atomic E-state index is -0.280. The second-order valence-electron chi connectivity index (χ2n) is 9.89. The maximum atomic E-state index is 12.7. The molecule has 1 aromatic heterocycles. The van der Waals surface area contributed by atoms with Crippen molar-refractivity contribution < 1.29 is 14.3 Å². The number of H-pyrrole nitrogens is 1. The first-order chi connectivity index (χ1) is 17.6. The molecule has 3 heterocycles. The van der Waals surface area contributed by atoms with Crippen LogP contribution in [0.1, 0.15) is 54.8 Å². The highest BCUT2D eigenvalue weighted by Crippen LogP contribution is 2.39. The molecule has 5 rings (SSSR count). The van der Waals surface area contributed by atoms with Crippen molar-refractivity contribution in [2.45, 2.75) is 38.0 Å². The molecule has 2 amide bonds. The Morgan fingerprint density at radius 1 is 1.19 bits per heavy atom. The molecule has 1 aromatic carbocycles. The minimum Gasteiger partial charge on any atom is -0.379 e. The van der Waals surface area contributed by atoms with E-state index < -0.39 is 0 Å². The Labute approximate surface area is 212 Å². The van der Waals surface area contributed by atoms with Crippen molar-refractivity contribution in [2.24, 2.45) is 0 Å². The maximum Gasteiger partial charge on any atom is 0.246 e. The summed E-state index contributed by atoms with van der Waals surface area (Å²) in [5.41, 5.74) is 4.45. The molecule has 0 bridgehead atoms. The normalized spacial score (nSPS) is 19.8. The Morgan fingerprint density at radius 3 is 2.67 bits per heavy atom. The van der Waals surface area contributed by atoms with Gasteiger partial charge in [0.25, 0.3) is 0 Å². The number of carbonyl (C=O) groups excluding carboxylic acids is 2. The van der Waals surface area contributed by atoms with Gasteiger partial charge < -0.3 is 15.0 Å². The molecule has 2 fully saturated rings. The number of amides is 2. The molecule has 2 N–H and O–H groups in total. The minimum absolute atomic E-state index is 0.0647. The lowest BCUT2D eigenvalue weighted by atomic mass is 9.94. The summed E-state index contributed by atoms with van der Waals surface area (Å²) in [5.74, 6) is 0.883. The van der Waals surface area contributed by atoms with Crippen molar-refractivity contribution >= 4 is 23.2 Å². The van der Waals surface area contributed by atoms with E-state index in [0.29, 0.717) is 24.8 Å². The zero-order chi connectivity index (χ0) is 24.9. The van der Waals surface area contributed by atoms with Crippen LogP contribution in [0, 0.1) is 0 Å². The largest absolute Gasteiger partial charge is 0.379 e. The molecule has 8 nitrogen and oxygen atoms in total. The number of morpholine rings is 1. The van der Waals surface area contributed by atoms with Gasteiger partial charge in [0.1, 0.15) is 0 Å². The van der Waals surface area contributed by atoms with Gasteiger partial charge in [-0.25, -0.2) is 0 Å². The standard InChI is InChI=1S/C28H35N5O3/c1-20(28(35)29-26-19-25(30-31-26)24-8-9-24)21-4-6-22(7-5-21)23-10-13-33(14-11-23)27(34)3-2-12-32-15-17-36-18-16-32/h2-7,10,19-20,24H,8-9,11-18H2,1H3,(H2,29,30,31,35)/b3-2+. The van der Waals surface area contributed by atoms with E-state index in [9.17, 15) is 9.59 Å². The zero-order valence-corrected chi connectivity index (χ0v) is 20.9. The maximum absolute atomic E-state index is 12.7. The second kappa shape index (κ2) is 11.2. The Bertz CT molecular complexity index is 1130. The molecule has 3 aliphatic rings. The molecule has 0 radical (unpaired) electrons. The van der Waals surface area contributed by atoms with Gasteiger partial charge >= 0.3 is 0 Å². The summed E-state index contributed by atoms with van der Waals surface area (Å²) in [6.07, 6.45) is 9.00. The molecule has 0 spiro atoms. The molecule has 36 heavy (non-hydrogen) atoms. The lowest BCUT2D eigenvalue weighted by molar-refractivity contribution is -0.125. The average Bonchev–Trinajstić information content (AvgIpc) is 3.67. The van der Waals surface area contributed by atoms with E-state index in [4.69, 9.17) is 4.74 Å². The van der Waals surface area contributed by atoms with Crippen molar-refractivity contribution in [3.05, 3.63) is 65.4 Å². The van der Waals surface area contributed by atoms with Gasteiger partial charge in [0.05, 0.1) is 19.1 Å². The highest BCUT2D eigenvalue weighted by Gasteiger charge is 2.26. The lowest BCUT2D eigenvalue weighted by Crippen LogP contribution is -2.36. The van der Waals surface area contributed by atoms with E-state index in [1.165, 1.54) is 18.4 Å².